The Kier molecular flexibility index (Phi) is 6.00. The van der Waals surface area contributed by atoms with E-state index in [1.54, 1.807) is 17.0 Å². The van der Waals surface area contributed by atoms with Gasteiger partial charge in [0, 0.05) is 25.2 Å². The van der Waals surface area contributed by atoms with Crippen molar-refractivity contribution in [2.24, 2.45) is 0 Å². The van der Waals surface area contributed by atoms with Crippen molar-refractivity contribution in [2.45, 2.75) is 37.8 Å². The van der Waals surface area contributed by atoms with E-state index in [4.69, 9.17) is 23.2 Å². The molecular weight excluding hydrogens is 425 g/mol. The van der Waals surface area contributed by atoms with E-state index in [-0.39, 0.29) is 30.1 Å². The first-order chi connectivity index (χ1) is 14.3. The van der Waals surface area contributed by atoms with Crippen LogP contribution >= 0.6 is 23.2 Å². The molecule has 30 heavy (non-hydrogen) atoms. The summed E-state index contributed by atoms with van der Waals surface area (Å²) in [6, 6.07) is 10.1. The molecule has 2 atom stereocenters. The van der Waals surface area contributed by atoms with E-state index < -0.39 is 4.92 Å². The van der Waals surface area contributed by atoms with Crippen LogP contribution in [0.3, 0.4) is 0 Å². The molecule has 2 aromatic rings. The van der Waals surface area contributed by atoms with E-state index in [1.165, 1.54) is 12.1 Å². The molecule has 1 heterocycles. The van der Waals surface area contributed by atoms with E-state index in [9.17, 15) is 14.9 Å². The summed E-state index contributed by atoms with van der Waals surface area (Å²) in [6.07, 6.45) is 3.25. The minimum absolute atomic E-state index is 0.00877. The van der Waals surface area contributed by atoms with Crippen LogP contribution in [0.25, 0.3) is 0 Å². The van der Waals surface area contributed by atoms with Crippen LogP contribution in [0.5, 0.6) is 0 Å². The smallest absolute Gasteiger partial charge is 0.269 e. The second-order valence-electron chi connectivity index (χ2n) is 8.03. The van der Waals surface area contributed by atoms with Crippen molar-refractivity contribution in [3.05, 3.63) is 73.2 Å². The number of likely N-dealkylation sites (N-methyl/N-ethyl adjacent to an activating group) is 1. The maximum absolute atomic E-state index is 13.2. The van der Waals surface area contributed by atoms with Gasteiger partial charge in [-0.15, -0.1) is 0 Å². The third kappa shape index (κ3) is 4.04. The first-order valence-corrected chi connectivity index (χ1v) is 10.8. The van der Waals surface area contributed by atoms with Gasteiger partial charge in [-0.25, -0.2) is 0 Å². The summed E-state index contributed by atoms with van der Waals surface area (Å²) < 4.78 is 0. The highest BCUT2D eigenvalue weighted by atomic mass is 35.5. The molecule has 0 radical (unpaired) electrons. The van der Waals surface area contributed by atoms with Crippen molar-refractivity contribution in [3.8, 4) is 0 Å². The normalized spacial score (nSPS) is 20.9. The van der Waals surface area contributed by atoms with E-state index >= 15 is 0 Å². The SMILES string of the molecule is CN(C(=O)Cc1cccc([N+](=O)[O-])c1)[C@@H]1c2cc(Cl)c(Cl)cc2C[C@H]1N1CCCC1. The Morgan fingerprint density at radius 2 is 1.90 bits per heavy atom. The maximum atomic E-state index is 13.2. The fourth-order valence-corrected chi connectivity index (χ4v) is 5.06. The monoisotopic (exact) mass is 447 g/mol. The number of hydrogen-bond acceptors (Lipinski definition) is 4. The van der Waals surface area contributed by atoms with Crippen LogP contribution in [0.1, 0.15) is 35.6 Å². The number of fused-ring (bicyclic) bond motifs is 1. The largest absolute Gasteiger partial charge is 0.337 e. The summed E-state index contributed by atoms with van der Waals surface area (Å²) in [5.41, 5.74) is 2.79. The molecule has 1 saturated heterocycles. The number of carbonyl (C=O) groups is 1. The van der Waals surface area contributed by atoms with Crippen molar-refractivity contribution in [3.63, 3.8) is 0 Å². The van der Waals surface area contributed by atoms with Crippen LogP contribution in [0.15, 0.2) is 36.4 Å². The fourth-order valence-electron chi connectivity index (χ4n) is 4.70. The van der Waals surface area contributed by atoms with Crippen molar-refractivity contribution in [1.29, 1.82) is 0 Å². The zero-order valence-corrected chi connectivity index (χ0v) is 18.2. The van der Waals surface area contributed by atoms with Gasteiger partial charge in [-0.05, 0) is 61.2 Å². The average molecular weight is 448 g/mol. The number of nitro groups is 1. The second-order valence-corrected chi connectivity index (χ2v) is 8.85. The predicted molar refractivity (Wildman–Crippen MR) is 117 cm³/mol. The molecule has 1 amide bonds. The second kappa shape index (κ2) is 8.53. The number of rotatable bonds is 5. The van der Waals surface area contributed by atoms with Gasteiger partial charge in [-0.3, -0.25) is 19.8 Å². The summed E-state index contributed by atoms with van der Waals surface area (Å²) >= 11 is 12.6. The zero-order chi connectivity index (χ0) is 21.4. The van der Waals surface area contributed by atoms with E-state index in [1.807, 2.05) is 19.2 Å². The number of non-ortho nitro benzene ring substituents is 1. The molecule has 8 heteroatoms. The van der Waals surface area contributed by atoms with Gasteiger partial charge >= 0.3 is 0 Å². The highest BCUT2D eigenvalue weighted by Gasteiger charge is 2.41. The molecule has 158 valence electrons. The Labute approximate surface area is 185 Å². The molecule has 0 unspecified atom stereocenters. The molecule has 1 fully saturated rings. The molecule has 2 aromatic carbocycles. The van der Waals surface area contributed by atoms with Gasteiger partial charge in [-0.1, -0.05) is 35.3 Å². The van der Waals surface area contributed by atoms with Crippen LogP contribution in [0, 0.1) is 10.1 Å². The van der Waals surface area contributed by atoms with Gasteiger partial charge in [0.25, 0.3) is 5.69 Å². The quantitative estimate of drug-likeness (QED) is 0.493. The van der Waals surface area contributed by atoms with Gasteiger partial charge in [0.15, 0.2) is 0 Å². The average Bonchev–Trinajstić information content (AvgIpc) is 3.36. The van der Waals surface area contributed by atoms with Gasteiger partial charge in [0.1, 0.15) is 0 Å². The molecular formula is C22H23Cl2N3O3. The lowest BCUT2D eigenvalue weighted by Gasteiger charge is -2.35. The Bertz CT molecular complexity index is 992. The molecule has 1 aliphatic heterocycles. The van der Waals surface area contributed by atoms with Gasteiger partial charge < -0.3 is 4.90 Å². The summed E-state index contributed by atoms with van der Waals surface area (Å²) in [7, 11) is 1.81. The minimum atomic E-state index is -0.444. The highest BCUT2D eigenvalue weighted by Crippen LogP contribution is 2.42. The number of carbonyl (C=O) groups excluding carboxylic acids is 1. The van der Waals surface area contributed by atoms with E-state index in [2.05, 4.69) is 4.90 Å². The van der Waals surface area contributed by atoms with Gasteiger partial charge in [0.05, 0.1) is 27.4 Å². The number of benzene rings is 2. The lowest BCUT2D eigenvalue weighted by molar-refractivity contribution is -0.384. The van der Waals surface area contributed by atoms with Gasteiger partial charge in [0.2, 0.25) is 5.91 Å². The number of nitrogens with zero attached hydrogens (tertiary/aromatic N) is 3. The Morgan fingerprint density at radius 1 is 1.20 bits per heavy atom. The molecule has 1 aliphatic carbocycles. The Balaban J connectivity index is 1.62. The number of amides is 1. The van der Waals surface area contributed by atoms with E-state index in [0.717, 1.165) is 43.5 Å². The lowest BCUT2D eigenvalue weighted by Crippen LogP contribution is -2.44. The van der Waals surface area contributed by atoms with Crippen molar-refractivity contribution in [1.82, 2.24) is 9.80 Å². The fraction of sp³-hybridized carbons (Fsp3) is 0.409. The van der Waals surface area contributed by atoms with Gasteiger partial charge in [-0.2, -0.15) is 0 Å². The molecule has 6 nitrogen and oxygen atoms in total. The van der Waals surface area contributed by atoms with Crippen molar-refractivity contribution in [2.75, 3.05) is 20.1 Å². The molecule has 0 N–H and O–H groups in total. The first-order valence-electron chi connectivity index (χ1n) is 10.1. The standard InChI is InChI=1S/C22H23Cl2N3O3/c1-25(21(28)10-14-5-4-6-16(9-14)27(29)30)22-17-13-19(24)18(23)11-15(17)12-20(22)26-7-2-3-8-26/h4-6,9,11,13,20,22H,2-3,7-8,10,12H2,1H3/t20-,22-/m1/s1. The topological polar surface area (TPSA) is 66.7 Å². The molecule has 0 aromatic heterocycles. The maximum Gasteiger partial charge on any atom is 0.269 e. The summed E-state index contributed by atoms with van der Waals surface area (Å²) in [6.45, 7) is 2.03. The highest BCUT2D eigenvalue weighted by molar-refractivity contribution is 6.42. The lowest BCUT2D eigenvalue weighted by atomic mass is 10.0. The first kappa shape index (κ1) is 21.1. The zero-order valence-electron chi connectivity index (χ0n) is 16.7. The van der Waals surface area contributed by atoms with E-state index in [0.29, 0.717) is 15.6 Å². The molecule has 0 saturated carbocycles. The van der Waals surface area contributed by atoms with Crippen LogP contribution in [0.2, 0.25) is 10.0 Å². The van der Waals surface area contributed by atoms with Crippen molar-refractivity contribution < 1.29 is 9.72 Å². The summed E-state index contributed by atoms with van der Waals surface area (Å²) in [4.78, 5) is 28.0. The summed E-state index contributed by atoms with van der Waals surface area (Å²) in [5.74, 6) is -0.0800. The molecule has 0 bridgehead atoms. The van der Waals surface area contributed by atoms with Crippen LogP contribution in [-0.4, -0.2) is 46.8 Å². The number of nitro benzene ring substituents is 1. The molecule has 2 aliphatic rings. The minimum Gasteiger partial charge on any atom is -0.337 e. The number of halogens is 2. The number of likely N-dealkylation sites (tertiary alicyclic amines) is 1. The number of hydrogen-bond donors (Lipinski definition) is 0. The Hall–Kier alpha value is -2.15. The van der Waals surface area contributed by atoms with Crippen LogP contribution in [-0.2, 0) is 17.6 Å². The van der Waals surface area contributed by atoms with Crippen LogP contribution in [0.4, 0.5) is 5.69 Å². The Morgan fingerprint density at radius 3 is 2.60 bits per heavy atom. The van der Waals surface area contributed by atoms with Crippen LogP contribution < -0.4 is 0 Å². The molecule has 4 rings (SSSR count). The molecule has 0 spiro atoms. The third-order valence-electron chi connectivity index (χ3n) is 6.19. The predicted octanol–water partition coefficient (Wildman–Crippen LogP) is 4.66. The third-order valence-corrected chi connectivity index (χ3v) is 6.91. The summed E-state index contributed by atoms with van der Waals surface area (Å²) in [5, 5.41) is 12.1. The van der Waals surface area contributed by atoms with Crippen molar-refractivity contribution >= 4 is 34.8 Å².